The lowest BCUT2D eigenvalue weighted by atomic mass is 10.1. The van der Waals surface area contributed by atoms with Crippen LogP contribution >= 0.6 is 0 Å². The number of sulfonamides is 1. The van der Waals surface area contributed by atoms with E-state index in [1.54, 1.807) is 22.9 Å². The molecule has 3 aromatic rings. The van der Waals surface area contributed by atoms with Gasteiger partial charge in [-0.15, -0.1) is 0 Å². The summed E-state index contributed by atoms with van der Waals surface area (Å²) in [4.78, 5) is 8.32. The molecule has 3 heterocycles. The fourth-order valence-electron chi connectivity index (χ4n) is 3.55. The first-order valence-corrected chi connectivity index (χ1v) is 10.3. The minimum absolute atomic E-state index is 0.195. The van der Waals surface area contributed by atoms with Gasteiger partial charge in [0.2, 0.25) is 10.0 Å². The van der Waals surface area contributed by atoms with Crippen LogP contribution in [0.1, 0.15) is 18.9 Å². The monoisotopic (exact) mass is 402 g/mol. The van der Waals surface area contributed by atoms with Crippen LogP contribution in [-0.2, 0) is 10.0 Å². The van der Waals surface area contributed by atoms with E-state index in [0.717, 1.165) is 5.41 Å². The predicted molar refractivity (Wildman–Crippen MR) is 104 cm³/mol. The zero-order valence-electron chi connectivity index (χ0n) is 15.0. The predicted octanol–water partition coefficient (Wildman–Crippen LogP) is 2.32. The van der Waals surface area contributed by atoms with Gasteiger partial charge in [-0.1, -0.05) is 18.7 Å². The van der Waals surface area contributed by atoms with Gasteiger partial charge < -0.3 is 5.73 Å². The first kappa shape index (κ1) is 18.5. The summed E-state index contributed by atoms with van der Waals surface area (Å²) in [5, 5.41) is 5.99. The van der Waals surface area contributed by atoms with E-state index in [1.807, 2.05) is 0 Å². The van der Waals surface area contributed by atoms with E-state index in [2.05, 4.69) is 21.6 Å². The summed E-state index contributed by atoms with van der Waals surface area (Å²) in [6.07, 6.45) is 2.69. The van der Waals surface area contributed by atoms with Gasteiger partial charge in [0.1, 0.15) is 23.7 Å². The third kappa shape index (κ3) is 3.04. The van der Waals surface area contributed by atoms with Gasteiger partial charge in [0.05, 0.1) is 11.4 Å². The first-order valence-electron chi connectivity index (χ1n) is 8.78. The summed E-state index contributed by atoms with van der Waals surface area (Å²) in [7, 11) is -3.54. The van der Waals surface area contributed by atoms with Gasteiger partial charge in [-0.2, -0.15) is 9.40 Å². The Morgan fingerprint density at radius 2 is 2.07 bits per heavy atom. The maximum absolute atomic E-state index is 14.4. The van der Waals surface area contributed by atoms with E-state index in [0.29, 0.717) is 41.7 Å². The van der Waals surface area contributed by atoms with E-state index in [1.165, 1.54) is 16.7 Å². The number of nitrogens with zero attached hydrogens (tertiary/aromatic N) is 5. The molecular formula is C18H19FN6O2S. The number of piperidine rings is 1. The average Bonchev–Trinajstić information content (AvgIpc) is 3.09. The van der Waals surface area contributed by atoms with E-state index in [9.17, 15) is 12.8 Å². The Bertz CT molecular complexity index is 1160. The zero-order valence-corrected chi connectivity index (χ0v) is 15.8. The first-order chi connectivity index (χ1) is 13.4. The van der Waals surface area contributed by atoms with Crippen LogP contribution in [0, 0.1) is 5.82 Å². The third-order valence-electron chi connectivity index (χ3n) is 4.92. The largest absolute Gasteiger partial charge is 0.383 e. The van der Waals surface area contributed by atoms with Gasteiger partial charge in [-0.3, -0.25) is 0 Å². The molecule has 1 aromatic carbocycles. The van der Waals surface area contributed by atoms with Crippen LogP contribution in [0.4, 0.5) is 10.2 Å². The fourth-order valence-corrected chi connectivity index (χ4v) is 4.52. The van der Waals surface area contributed by atoms with Crippen molar-refractivity contribution >= 4 is 26.9 Å². The topological polar surface area (TPSA) is 107 Å². The van der Waals surface area contributed by atoms with Crippen molar-refractivity contribution in [1.29, 1.82) is 0 Å². The summed E-state index contributed by atoms with van der Waals surface area (Å²) in [5.74, 6) is -0.238. The van der Waals surface area contributed by atoms with Gasteiger partial charge >= 0.3 is 0 Å². The van der Waals surface area contributed by atoms with Crippen molar-refractivity contribution in [1.82, 2.24) is 24.1 Å². The van der Waals surface area contributed by atoms with E-state index in [-0.39, 0.29) is 18.4 Å². The minimum atomic E-state index is -3.54. The molecule has 0 spiro atoms. The highest BCUT2D eigenvalue weighted by Crippen LogP contribution is 2.35. The van der Waals surface area contributed by atoms with Crippen molar-refractivity contribution in [3.8, 4) is 11.3 Å². The molecule has 4 rings (SSSR count). The molecule has 146 valence electrons. The summed E-state index contributed by atoms with van der Waals surface area (Å²) in [6, 6.07) is 6.00. The second-order valence-electron chi connectivity index (χ2n) is 6.60. The van der Waals surface area contributed by atoms with E-state index in [4.69, 9.17) is 5.73 Å². The summed E-state index contributed by atoms with van der Waals surface area (Å²) in [5.41, 5.74) is 7.14. The fraction of sp³-hybridized carbons (Fsp3) is 0.278. The van der Waals surface area contributed by atoms with Crippen LogP contribution in [0.15, 0.2) is 42.6 Å². The molecule has 10 heteroatoms. The van der Waals surface area contributed by atoms with Crippen LogP contribution in [0.5, 0.6) is 0 Å². The Hall–Kier alpha value is -2.85. The van der Waals surface area contributed by atoms with Gasteiger partial charge in [0, 0.05) is 24.1 Å². The average molecular weight is 402 g/mol. The number of nitrogens with two attached hydrogens (primary N) is 1. The number of rotatable bonds is 4. The minimum Gasteiger partial charge on any atom is -0.383 e. The molecular weight excluding hydrogens is 383 g/mol. The Morgan fingerprint density at radius 3 is 2.82 bits per heavy atom. The molecule has 1 aliphatic rings. The molecule has 1 atom stereocenters. The number of fused-ring (bicyclic) bond motifs is 1. The number of anilines is 1. The number of aromatic nitrogens is 4. The van der Waals surface area contributed by atoms with Crippen LogP contribution in [-0.4, -0.2) is 45.6 Å². The molecule has 0 amide bonds. The molecule has 28 heavy (non-hydrogen) atoms. The molecule has 1 aliphatic heterocycles. The Balaban J connectivity index is 1.86. The number of hydrogen-bond donors (Lipinski definition) is 1. The van der Waals surface area contributed by atoms with Gasteiger partial charge in [0.15, 0.2) is 5.65 Å². The number of halogens is 1. The maximum atomic E-state index is 14.4. The van der Waals surface area contributed by atoms with Crippen molar-refractivity contribution in [3.63, 3.8) is 0 Å². The third-order valence-corrected chi connectivity index (χ3v) is 6.40. The number of hydrogen-bond acceptors (Lipinski definition) is 6. The lowest BCUT2D eigenvalue weighted by Gasteiger charge is -2.31. The Labute approximate surface area is 161 Å². The SMILES string of the molecule is C=CS(=O)(=O)N1CCCC(n2nc(-c3ccccc3F)c3c(N)ncnc32)C1. The molecule has 2 aromatic heterocycles. The van der Waals surface area contributed by atoms with Gasteiger partial charge in [-0.05, 0) is 25.0 Å². The molecule has 0 bridgehead atoms. The molecule has 8 nitrogen and oxygen atoms in total. The number of nitrogen functional groups attached to an aromatic ring is 1. The number of benzene rings is 1. The Morgan fingerprint density at radius 1 is 1.29 bits per heavy atom. The summed E-state index contributed by atoms with van der Waals surface area (Å²) in [6.45, 7) is 4.04. The smallest absolute Gasteiger partial charge is 0.235 e. The molecule has 1 saturated heterocycles. The Kier molecular flexibility index (Phi) is 4.60. The maximum Gasteiger partial charge on any atom is 0.235 e. The quantitative estimate of drug-likeness (QED) is 0.718. The highest BCUT2D eigenvalue weighted by Gasteiger charge is 2.31. The zero-order chi connectivity index (χ0) is 19.9. The molecule has 1 fully saturated rings. The van der Waals surface area contributed by atoms with Gasteiger partial charge in [0.25, 0.3) is 0 Å². The summed E-state index contributed by atoms with van der Waals surface area (Å²) >= 11 is 0. The van der Waals surface area contributed by atoms with Crippen LogP contribution in [0.2, 0.25) is 0 Å². The highest BCUT2D eigenvalue weighted by atomic mass is 32.2. The molecule has 0 radical (unpaired) electrons. The van der Waals surface area contributed by atoms with Crippen LogP contribution in [0.25, 0.3) is 22.3 Å². The second kappa shape index (κ2) is 6.95. The summed E-state index contributed by atoms with van der Waals surface area (Å²) < 4.78 is 41.8. The lowest BCUT2D eigenvalue weighted by molar-refractivity contribution is 0.260. The van der Waals surface area contributed by atoms with Crippen molar-refractivity contribution < 1.29 is 12.8 Å². The van der Waals surface area contributed by atoms with Crippen LogP contribution < -0.4 is 5.73 Å². The van der Waals surface area contributed by atoms with Crippen LogP contribution in [0.3, 0.4) is 0 Å². The molecule has 0 aliphatic carbocycles. The molecule has 0 saturated carbocycles. The van der Waals surface area contributed by atoms with Crippen molar-refractivity contribution in [2.45, 2.75) is 18.9 Å². The second-order valence-corrected chi connectivity index (χ2v) is 8.48. The standard InChI is InChI=1S/C18H19FN6O2S/c1-2-28(26,27)24-9-5-6-12(10-24)25-18-15(17(20)21-11-22-18)16(23-25)13-7-3-4-8-14(13)19/h2-4,7-8,11-12H,1,5-6,9-10H2,(H2,20,21,22). The molecule has 1 unspecified atom stereocenters. The van der Waals surface area contributed by atoms with E-state index >= 15 is 0 Å². The van der Waals surface area contributed by atoms with Crippen molar-refractivity contribution in [3.05, 3.63) is 48.4 Å². The normalized spacial score (nSPS) is 18.4. The van der Waals surface area contributed by atoms with Crippen molar-refractivity contribution in [2.24, 2.45) is 0 Å². The molecule has 2 N–H and O–H groups in total. The van der Waals surface area contributed by atoms with Crippen molar-refractivity contribution in [2.75, 3.05) is 18.8 Å². The van der Waals surface area contributed by atoms with E-state index < -0.39 is 15.8 Å². The lowest BCUT2D eigenvalue weighted by Crippen LogP contribution is -2.40. The highest BCUT2D eigenvalue weighted by molar-refractivity contribution is 7.92. The van der Waals surface area contributed by atoms with Gasteiger partial charge in [-0.25, -0.2) is 27.5 Å².